The molecule has 1 aromatic heterocycles. The van der Waals surface area contributed by atoms with Gasteiger partial charge in [0.15, 0.2) is 0 Å². The van der Waals surface area contributed by atoms with Crippen molar-refractivity contribution in [2.45, 2.75) is 13.8 Å². The maximum Gasteiger partial charge on any atom is 0.0542 e. The van der Waals surface area contributed by atoms with Crippen LogP contribution in [0.3, 0.4) is 0 Å². The second-order valence-electron chi connectivity index (χ2n) is 13.0. The molecule has 0 radical (unpaired) electrons. The molecule has 51 heavy (non-hydrogen) atoms. The van der Waals surface area contributed by atoms with Gasteiger partial charge in [-0.2, -0.15) is 0 Å². The summed E-state index contributed by atoms with van der Waals surface area (Å²) in [6.45, 7) is 12.4. The van der Waals surface area contributed by atoms with Gasteiger partial charge in [0.25, 0.3) is 0 Å². The van der Waals surface area contributed by atoms with E-state index in [9.17, 15) is 0 Å². The van der Waals surface area contributed by atoms with E-state index >= 15 is 0 Å². The number of aromatic nitrogens is 1. The van der Waals surface area contributed by atoms with E-state index < -0.39 is 0 Å². The lowest BCUT2D eigenvalue weighted by Gasteiger charge is -2.26. The summed E-state index contributed by atoms with van der Waals surface area (Å²) in [5.74, 6) is 0. The Kier molecular flexibility index (Phi) is 8.31. The Balaban J connectivity index is 1.40. The lowest BCUT2D eigenvalue weighted by Crippen LogP contribution is -2.10. The van der Waals surface area contributed by atoms with E-state index in [0.29, 0.717) is 0 Å². The summed E-state index contributed by atoms with van der Waals surface area (Å²) in [7, 11) is 0. The summed E-state index contributed by atoms with van der Waals surface area (Å²) in [5.41, 5.74) is 14.5. The highest BCUT2D eigenvalue weighted by atomic mass is 15.1. The number of hydrogen-bond acceptors (Lipinski definition) is 2. The van der Waals surface area contributed by atoms with Crippen molar-refractivity contribution < 1.29 is 0 Å². The first-order chi connectivity index (χ1) is 25.0. The molecule has 3 heteroatoms. The maximum absolute atomic E-state index is 4.05. The lowest BCUT2D eigenvalue weighted by atomic mass is 10.1. The van der Waals surface area contributed by atoms with Crippen LogP contribution in [0.4, 0.5) is 34.1 Å². The van der Waals surface area contributed by atoms with Crippen LogP contribution in [0.5, 0.6) is 0 Å². The minimum Gasteiger partial charge on any atom is -0.310 e. The first-order valence-electron chi connectivity index (χ1n) is 17.3. The SMILES string of the molecule is C=Cc1cccc(N(c2cccc(C)c2)c2ccc3c(c2)c2cc(N(c4cccc(C)c4)c4cccc(C=C)c4)ccc2n3-c2ccccc2)c1. The van der Waals surface area contributed by atoms with Gasteiger partial charge >= 0.3 is 0 Å². The molecule has 0 spiro atoms. The monoisotopic (exact) mass is 657 g/mol. The molecule has 0 aliphatic heterocycles. The van der Waals surface area contributed by atoms with Crippen molar-refractivity contribution in [3.63, 3.8) is 0 Å². The Labute approximate surface area is 300 Å². The molecule has 1 heterocycles. The van der Waals surface area contributed by atoms with E-state index in [1.807, 2.05) is 12.2 Å². The summed E-state index contributed by atoms with van der Waals surface area (Å²) < 4.78 is 2.38. The van der Waals surface area contributed by atoms with Crippen molar-refractivity contribution in [3.8, 4) is 5.69 Å². The molecule has 0 fully saturated rings. The number of anilines is 6. The van der Waals surface area contributed by atoms with Crippen LogP contribution in [-0.4, -0.2) is 4.57 Å². The van der Waals surface area contributed by atoms with Gasteiger partial charge in [-0.05, 0) is 133 Å². The second kappa shape index (κ2) is 13.4. The van der Waals surface area contributed by atoms with E-state index in [-0.39, 0.29) is 0 Å². The highest BCUT2D eigenvalue weighted by Crippen LogP contribution is 2.43. The largest absolute Gasteiger partial charge is 0.310 e. The molecule has 7 aromatic carbocycles. The average Bonchev–Trinajstić information content (AvgIpc) is 3.49. The third-order valence-electron chi connectivity index (χ3n) is 9.51. The molecule has 8 rings (SSSR count). The van der Waals surface area contributed by atoms with Crippen LogP contribution in [0, 0.1) is 13.8 Å². The van der Waals surface area contributed by atoms with Crippen LogP contribution >= 0.6 is 0 Å². The van der Waals surface area contributed by atoms with E-state index in [2.05, 4.69) is 205 Å². The van der Waals surface area contributed by atoms with Crippen molar-refractivity contribution >= 4 is 68.1 Å². The van der Waals surface area contributed by atoms with Crippen LogP contribution < -0.4 is 9.80 Å². The fraction of sp³-hybridized carbons (Fsp3) is 0.0417. The Bertz CT molecular complexity index is 2400. The topological polar surface area (TPSA) is 11.4 Å². The highest BCUT2D eigenvalue weighted by Gasteiger charge is 2.20. The summed E-state index contributed by atoms with van der Waals surface area (Å²) in [4.78, 5) is 4.68. The normalized spacial score (nSPS) is 11.1. The number of aryl methyl sites for hydroxylation is 2. The Morgan fingerprint density at radius 2 is 0.824 bits per heavy atom. The Morgan fingerprint density at radius 3 is 1.25 bits per heavy atom. The molecular weight excluding hydrogens is 619 g/mol. The molecule has 0 N–H and O–H groups in total. The zero-order valence-electron chi connectivity index (χ0n) is 29.0. The Morgan fingerprint density at radius 1 is 0.412 bits per heavy atom. The van der Waals surface area contributed by atoms with Crippen LogP contribution in [-0.2, 0) is 0 Å². The van der Waals surface area contributed by atoms with Gasteiger partial charge in [0.1, 0.15) is 0 Å². The first-order valence-corrected chi connectivity index (χ1v) is 17.3. The predicted molar refractivity (Wildman–Crippen MR) is 220 cm³/mol. The van der Waals surface area contributed by atoms with Gasteiger partial charge in [-0.1, -0.05) is 92.0 Å². The fourth-order valence-electron chi connectivity index (χ4n) is 7.14. The molecule has 0 aliphatic carbocycles. The standard InChI is InChI=1S/C48H39N3/c1-5-36-16-12-22-41(30-36)49(39-20-10-14-34(3)28-39)43-24-26-47-45(32-43)46-33-44(25-27-48(46)51(47)38-18-8-7-9-19-38)50(40-21-11-15-35(4)29-40)42-23-13-17-37(6-2)31-42/h5-33H,1-2H2,3-4H3. The molecule has 0 unspecified atom stereocenters. The summed E-state index contributed by atoms with van der Waals surface area (Å²) >= 11 is 0. The van der Waals surface area contributed by atoms with Crippen molar-refractivity contribution in [2.24, 2.45) is 0 Å². The lowest BCUT2D eigenvalue weighted by molar-refractivity contribution is 1.18. The number of para-hydroxylation sites is 1. The van der Waals surface area contributed by atoms with Crippen LogP contribution in [0.15, 0.2) is 177 Å². The Hall–Kier alpha value is -6.58. The van der Waals surface area contributed by atoms with Crippen molar-refractivity contribution in [2.75, 3.05) is 9.80 Å². The third kappa shape index (κ3) is 6.00. The molecule has 0 amide bonds. The van der Waals surface area contributed by atoms with E-state index in [1.165, 1.54) is 21.9 Å². The molecule has 3 nitrogen and oxygen atoms in total. The number of benzene rings is 7. The van der Waals surface area contributed by atoms with Gasteiger partial charge < -0.3 is 14.4 Å². The number of fused-ring (bicyclic) bond motifs is 3. The van der Waals surface area contributed by atoms with Gasteiger partial charge in [-0.25, -0.2) is 0 Å². The summed E-state index contributed by atoms with van der Waals surface area (Å²) in [6.07, 6.45) is 3.81. The molecule has 0 aliphatic rings. The quantitative estimate of drug-likeness (QED) is 0.153. The van der Waals surface area contributed by atoms with Gasteiger partial charge in [-0.3, -0.25) is 0 Å². The van der Waals surface area contributed by atoms with Crippen molar-refractivity contribution in [1.82, 2.24) is 4.57 Å². The van der Waals surface area contributed by atoms with Gasteiger partial charge in [-0.15, -0.1) is 0 Å². The fourth-order valence-corrected chi connectivity index (χ4v) is 7.14. The zero-order chi connectivity index (χ0) is 34.9. The first kappa shape index (κ1) is 31.7. The van der Waals surface area contributed by atoms with Crippen LogP contribution in [0.25, 0.3) is 39.6 Å². The smallest absolute Gasteiger partial charge is 0.0542 e. The van der Waals surface area contributed by atoms with Gasteiger partial charge in [0.2, 0.25) is 0 Å². The minimum absolute atomic E-state index is 1.08. The van der Waals surface area contributed by atoms with Crippen molar-refractivity contribution in [3.05, 3.63) is 199 Å². The number of rotatable bonds is 9. The second-order valence-corrected chi connectivity index (χ2v) is 13.0. The average molecular weight is 658 g/mol. The molecule has 0 bridgehead atoms. The van der Waals surface area contributed by atoms with Crippen molar-refractivity contribution in [1.29, 1.82) is 0 Å². The predicted octanol–water partition coefficient (Wildman–Crippen LogP) is 13.6. The zero-order valence-corrected chi connectivity index (χ0v) is 29.0. The van der Waals surface area contributed by atoms with E-state index in [1.54, 1.807) is 0 Å². The van der Waals surface area contributed by atoms with Gasteiger partial charge in [0.05, 0.1) is 11.0 Å². The molecule has 8 aromatic rings. The third-order valence-corrected chi connectivity index (χ3v) is 9.51. The molecule has 246 valence electrons. The molecular formula is C48H39N3. The highest BCUT2D eigenvalue weighted by molar-refractivity contribution is 6.12. The maximum atomic E-state index is 4.05. The van der Waals surface area contributed by atoms with Crippen LogP contribution in [0.2, 0.25) is 0 Å². The number of nitrogens with zero attached hydrogens (tertiary/aromatic N) is 3. The van der Waals surface area contributed by atoms with Gasteiger partial charge in [0, 0.05) is 50.6 Å². The van der Waals surface area contributed by atoms with E-state index in [4.69, 9.17) is 0 Å². The summed E-state index contributed by atoms with van der Waals surface area (Å²) in [6, 6.07) is 58.9. The van der Waals surface area contributed by atoms with E-state index in [0.717, 1.165) is 62.0 Å². The molecule has 0 saturated carbocycles. The molecule has 0 saturated heterocycles. The summed E-state index contributed by atoms with van der Waals surface area (Å²) in [5, 5.41) is 2.35. The van der Waals surface area contributed by atoms with Crippen LogP contribution in [0.1, 0.15) is 22.3 Å². The molecule has 0 atom stereocenters. The minimum atomic E-state index is 1.08. The number of hydrogen-bond donors (Lipinski definition) is 0.